The number of amidine groups is 1. The first-order valence-electron chi connectivity index (χ1n) is 11.7. The molecule has 0 spiro atoms. The van der Waals surface area contributed by atoms with E-state index in [-0.39, 0.29) is 0 Å². The molecule has 1 fully saturated rings. The average molecular weight is 451 g/mol. The summed E-state index contributed by atoms with van der Waals surface area (Å²) in [6.45, 7) is 6.24. The van der Waals surface area contributed by atoms with E-state index in [1.54, 1.807) is 12.4 Å². The molecule has 0 radical (unpaired) electrons. The highest BCUT2D eigenvalue weighted by atomic mass is 16.3. The molecule has 0 atom stereocenters. The van der Waals surface area contributed by atoms with E-state index in [1.165, 1.54) is 17.6 Å². The Balaban J connectivity index is 1.43. The van der Waals surface area contributed by atoms with E-state index >= 15 is 0 Å². The molecule has 2 bridgehead atoms. The second kappa shape index (κ2) is 8.41. The van der Waals surface area contributed by atoms with Crippen molar-refractivity contribution in [3.8, 4) is 22.6 Å². The predicted octanol–water partition coefficient (Wildman–Crippen LogP) is 5.65. The third kappa shape index (κ3) is 3.73. The Bertz CT molecular complexity index is 1360. The fourth-order valence-electron chi connectivity index (χ4n) is 5.00. The van der Waals surface area contributed by atoms with Crippen molar-refractivity contribution in [2.75, 3.05) is 22.9 Å². The maximum Gasteiger partial charge on any atom is 0.181 e. The Kier molecular flexibility index (Phi) is 5.09. The van der Waals surface area contributed by atoms with Crippen LogP contribution >= 0.6 is 0 Å². The Labute approximate surface area is 198 Å². The number of hydrogen-bond acceptors (Lipinski definition) is 6. The summed E-state index contributed by atoms with van der Waals surface area (Å²) in [6.07, 6.45) is 7.04. The lowest BCUT2D eigenvalue weighted by Crippen LogP contribution is -2.43. The summed E-state index contributed by atoms with van der Waals surface area (Å²) >= 11 is 0. The fourth-order valence-corrected chi connectivity index (χ4v) is 5.00. The smallest absolute Gasteiger partial charge is 0.181 e. The lowest BCUT2D eigenvalue weighted by Gasteiger charge is -2.32. The summed E-state index contributed by atoms with van der Waals surface area (Å²) in [7, 11) is 0. The number of pyridine rings is 2. The molecule has 7 rings (SSSR count). The monoisotopic (exact) mass is 450 g/mol. The minimum absolute atomic E-state index is 0.360. The molecule has 6 heterocycles. The summed E-state index contributed by atoms with van der Waals surface area (Å²) in [6, 6.07) is 17.1. The van der Waals surface area contributed by atoms with E-state index in [9.17, 15) is 0 Å². The van der Waals surface area contributed by atoms with Crippen LogP contribution in [0.25, 0.3) is 22.6 Å². The molecule has 0 unspecified atom stereocenters. The van der Waals surface area contributed by atoms with Gasteiger partial charge >= 0.3 is 0 Å². The normalized spacial score (nSPS) is 16.0. The molecule has 0 saturated carbocycles. The van der Waals surface area contributed by atoms with E-state index in [2.05, 4.69) is 70.0 Å². The van der Waals surface area contributed by atoms with E-state index in [0.717, 1.165) is 54.4 Å². The van der Waals surface area contributed by atoms with E-state index in [4.69, 9.17) is 14.4 Å². The minimum atomic E-state index is 0.360. The molecule has 7 nitrogen and oxygen atoms in total. The first-order chi connectivity index (χ1) is 16.7. The highest BCUT2D eigenvalue weighted by Gasteiger charge is 2.35. The quantitative estimate of drug-likeness (QED) is 0.297. The predicted molar refractivity (Wildman–Crippen MR) is 135 cm³/mol. The molecular weight excluding hydrogens is 424 g/mol. The van der Waals surface area contributed by atoms with Crippen molar-refractivity contribution in [1.82, 2.24) is 15.0 Å². The standard InChI is InChI=1S/C27H26N6O/c1-18-4-3-5-20(14-18)23-6-7-24-27(31-23)33(22-9-12-32(24)13-10-22)19(2)30-26-15-21(8-11-29-26)25-16-28-17-34-25/h3-8,11,14-17,22H,9-10,12-13H2,1-2H3. The fraction of sp³-hybridized carbons (Fsp3) is 0.259. The second-order valence-corrected chi connectivity index (χ2v) is 8.92. The SMILES string of the molecule is CC(=Nc1cc(-c2cnco2)ccn1)N1c2nc(-c3cccc(C)c3)ccc2N2CCC1CC2. The van der Waals surface area contributed by atoms with Gasteiger partial charge in [0.05, 0.1) is 17.6 Å². The molecule has 4 aromatic rings. The number of piperidine rings is 1. The molecule has 0 N–H and O–H groups in total. The van der Waals surface area contributed by atoms with Gasteiger partial charge in [0.1, 0.15) is 5.84 Å². The van der Waals surface area contributed by atoms with Gasteiger partial charge in [-0.15, -0.1) is 0 Å². The lowest BCUT2D eigenvalue weighted by atomic mass is 10.0. The zero-order valence-electron chi connectivity index (χ0n) is 19.3. The number of aryl methyl sites for hydroxylation is 1. The highest BCUT2D eigenvalue weighted by Crippen LogP contribution is 2.39. The third-order valence-electron chi connectivity index (χ3n) is 6.65. The number of oxazole rings is 1. The molecule has 3 aromatic heterocycles. The van der Waals surface area contributed by atoms with Crippen LogP contribution in [0.3, 0.4) is 0 Å². The number of aliphatic imine (C=N–C) groups is 1. The third-order valence-corrected chi connectivity index (χ3v) is 6.65. The van der Waals surface area contributed by atoms with Crippen molar-refractivity contribution in [3.63, 3.8) is 0 Å². The van der Waals surface area contributed by atoms with Crippen molar-refractivity contribution in [2.24, 2.45) is 4.99 Å². The van der Waals surface area contributed by atoms with E-state index in [1.807, 2.05) is 12.1 Å². The van der Waals surface area contributed by atoms with Crippen molar-refractivity contribution in [2.45, 2.75) is 32.7 Å². The topological polar surface area (TPSA) is 70.6 Å². The van der Waals surface area contributed by atoms with Crippen molar-refractivity contribution < 1.29 is 4.42 Å². The number of anilines is 2. The highest BCUT2D eigenvalue weighted by molar-refractivity contribution is 6.00. The van der Waals surface area contributed by atoms with E-state index < -0.39 is 0 Å². The van der Waals surface area contributed by atoms with Gasteiger partial charge < -0.3 is 14.2 Å². The molecule has 0 aliphatic carbocycles. The van der Waals surface area contributed by atoms with Crippen molar-refractivity contribution >= 4 is 23.2 Å². The minimum Gasteiger partial charge on any atom is -0.444 e. The van der Waals surface area contributed by atoms with Crippen LogP contribution in [0, 0.1) is 6.92 Å². The Morgan fingerprint density at radius 3 is 2.74 bits per heavy atom. The van der Waals surface area contributed by atoms with Crippen molar-refractivity contribution in [1.29, 1.82) is 0 Å². The number of benzene rings is 1. The van der Waals surface area contributed by atoms with Gasteiger partial charge in [0.25, 0.3) is 0 Å². The number of rotatable bonds is 3. The van der Waals surface area contributed by atoms with Crippen LogP contribution in [-0.4, -0.2) is 39.9 Å². The van der Waals surface area contributed by atoms with Crippen LogP contribution in [0.1, 0.15) is 25.3 Å². The van der Waals surface area contributed by atoms with Crippen LogP contribution in [-0.2, 0) is 0 Å². The van der Waals surface area contributed by atoms with Crippen LogP contribution < -0.4 is 9.80 Å². The molecule has 7 heteroatoms. The summed E-state index contributed by atoms with van der Waals surface area (Å²) in [4.78, 5) is 23.4. The summed E-state index contributed by atoms with van der Waals surface area (Å²) in [5, 5.41) is 0. The van der Waals surface area contributed by atoms with Gasteiger partial charge in [-0.2, -0.15) is 0 Å². The lowest BCUT2D eigenvalue weighted by molar-refractivity contribution is 0.513. The second-order valence-electron chi connectivity index (χ2n) is 8.92. The maximum absolute atomic E-state index is 5.45. The van der Waals surface area contributed by atoms with Gasteiger partial charge in [-0.05, 0) is 57.0 Å². The van der Waals surface area contributed by atoms with Gasteiger partial charge in [-0.1, -0.05) is 23.8 Å². The van der Waals surface area contributed by atoms with Crippen molar-refractivity contribution in [3.05, 3.63) is 72.9 Å². The van der Waals surface area contributed by atoms with Crippen LogP contribution in [0.5, 0.6) is 0 Å². The molecule has 170 valence electrons. The summed E-state index contributed by atoms with van der Waals surface area (Å²) in [5.41, 5.74) is 5.42. The van der Waals surface area contributed by atoms with Crippen LogP contribution in [0.2, 0.25) is 0 Å². The molecule has 3 aliphatic rings. The largest absolute Gasteiger partial charge is 0.444 e. The molecule has 1 saturated heterocycles. The zero-order chi connectivity index (χ0) is 23.1. The molecule has 1 aromatic carbocycles. The number of fused-ring (bicyclic) bond motifs is 2. The Morgan fingerprint density at radius 2 is 1.94 bits per heavy atom. The Hall–Kier alpha value is -4.00. The first kappa shape index (κ1) is 20.6. The van der Waals surface area contributed by atoms with Crippen LogP contribution in [0.15, 0.2) is 76.7 Å². The van der Waals surface area contributed by atoms with E-state index in [0.29, 0.717) is 17.6 Å². The number of aromatic nitrogens is 3. The molecule has 0 amide bonds. The number of nitrogens with zero attached hydrogens (tertiary/aromatic N) is 6. The van der Waals surface area contributed by atoms with Gasteiger partial charge in [0.2, 0.25) is 0 Å². The van der Waals surface area contributed by atoms with Gasteiger partial charge in [-0.3, -0.25) is 0 Å². The van der Waals surface area contributed by atoms with Crippen LogP contribution in [0.4, 0.5) is 17.3 Å². The van der Waals surface area contributed by atoms with Gasteiger partial charge in [0, 0.05) is 36.5 Å². The van der Waals surface area contributed by atoms with Gasteiger partial charge in [-0.25, -0.2) is 19.9 Å². The first-order valence-corrected chi connectivity index (χ1v) is 11.7. The Morgan fingerprint density at radius 1 is 1.06 bits per heavy atom. The summed E-state index contributed by atoms with van der Waals surface area (Å²) < 4.78 is 5.45. The summed E-state index contributed by atoms with van der Waals surface area (Å²) in [5.74, 6) is 3.21. The number of hydrogen-bond donors (Lipinski definition) is 0. The molecule has 34 heavy (non-hydrogen) atoms. The molecule has 3 aliphatic heterocycles. The zero-order valence-corrected chi connectivity index (χ0v) is 19.3. The molecular formula is C27H26N6O. The average Bonchev–Trinajstić information content (AvgIpc) is 3.30. The maximum atomic E-state index is 5.45. The van der Waals surface area contributed by atoms with Gasteiger partial charge in [0.15, 0.2) is 23.8 Å².